The summed E-state index contributed by atoms with van der Waals surface area (Å²) >= 11 is 0. The van der Waals surface area contributed by atoms with Crippen molar-refractivity contribution in [1.29, 1.82) is 0 Å². The molecule has 1 fully saturated rings. The first-order valence-electron chi connectivity index (χ1n) is 6.03. The summed E-state index contributed by atoms with van der Waals surface area (Å²) < 4.78 is 0. The van der Waals surface area contributed by atoms with Crippen LogP contribution < -0.4 is 10.6 Å². The lowest BCUT2D eigenvalue weighted by Gasteiger charge is -2.27. The molecule has 0 unspecified atom stereocenters. The van der Waals surface area contributed by atoms with Gasteiger partial charge in [0.2, 0.25) is 5.91 Å². The molecule has 1 aliphatic heterocycles. The molecule has 1 aliphatic rings. The van der Waals surface area contributed by atoms with Crippen LogP contribution in [0.3, 0.4) is 0 Å². The molecule has 1 heterocycles. The lowest BCUT2D eigenvalue weighted by atomic mass is 10.3. The lowest BCUT2D eigenvalue weighted by Crippen LogP contribution is -2.44. The summed E-state index contributed by atoms with van der Waals surface area (Å²) in [6.45, 7) is 6.80. The Morgan fingerprint density at radius 3 is 2.69 bits per heavy atom. The molecule has 2 N–H and O–H groups in total. The van der Waals surface area contributed by atoms with E-state index in [1.807, 2.05) is 19.0 Å². The third-order valence-electron chi connectivity index (χ3n) is 2.64. The van der Waals surface area contributed by atoms with Gasteiger partial charge in [0, 0.05) is 32.7 Å². The number of carbonyl (C=O) groups excluding carboxylic acids is 1. The smallest absolute Gasteiger partial charge is 0.234 e. The Morgan fingerprint density at radius 2 is 2.06 bits per heavy atom. The van der Waals surface area contributed by atoms with E-state index < -0.39 is 0 Å². The Balaban J connectivity index is 1.96. The van der Waals surface area contributed by atoms with Gasteiger partial charge in [0.15, 0.2) is 0 Å². The van der Waals surface area contributed by atoms with E-state index >= 15 is 0 Å². The molecule has 0 aliphatic carbocycles. The maximum Gasteiger partial charge on any atom is 0.234 e. The van der Waals surface area contributed by atoms with Crippen molar-refractivity contribution < 1.29 is 4.79 Å². The number of carbonyl (C=O) groups is 1. The number of amides is 1. The number of nitrogens with one attached hydrogen (secondary N) is 2. The number of likely N-dealkylation sites (N-methyl/N-ethyl adjacent to an activating group) is 1. The summed E-state index contributed by atoms with van der Waals surface area (Å²) in [5.74, 6) is 0.116. The highest BCUT2D eigenvalue weighted by atomic mass is 16.1. The first kappa shape index (κ1) is 13.4. The quantitative estimate of drug-likeness (QED) is 0.570. The van der Waals surface area contributed by atoms with E-state index in [1.165, 1.54) is 0 Å². The van der Waals surface area contributed by atoms with Crippen molar-refractivity contribution in [2.45, 2.75) is 6.42 Å². The minimum Gasteiger partial charge on any atom is -0.355 e. The third-order valence-corrected chi connectivity index (χ3v) is 2.64. The average molecular weight is 228 g/mol. The zero-order valence-electron chi connectivity index (χ0n) is 10.5. The number of nitrogens with zero attached hydrogens (tertiary/aromatic N) is 2. The fourth-order valence-electron chi connectivity index (χ4n) is 1.81. The van der Waals surface area contributed by atoms with Crippen molar-refractivity contribution in [3.63, 3.8) is 0 Å². The van der Waals surface area contributed by atoms with Crippen molar-refractivity contribution in [3.05, 3.63) is 0 Å². The van der Waals surface area contributed by atoms with Gasteiger partial charge in [0.25, 0.3) is 0 Å². The molecule has 0 aromatic rings. The van der Waals surface area contributed by atoms with Crippen molar-refractivity contribution in [2.24, 2.45) is 0 Å². The number of piperazine rings is 1. The van der Waals surface area contributed by atoms with Crippen molar-refractivity contribution >= 4 is 5.91 Å². The molecule has 0 aromatic carbocycles. The van der Waals surface area contributed by atoms with Gasteiger partial charge in [0.05, 0.1) is 6.54 Å². The molecule has 5 nitrogen and oxygen atoms in total. The molecule has 1 saturated heterocycles. The van der Waals surface area contributed by atoms with Crippen LogP contribution in [0.1, 0.15) is 6.42 Å². The summed E-state index contributed by atoms with van der Waals surface area (Å²) in [7, 11) is 3.81. The Hall–Kier alpha value is -0.650. The summed E-state index contributed by atoms with van der Waals surface area (Å²) in [4.78, 5) is 15.6. The van der Waals surface area contributed by atoms with Gasteiger partial charge in [-0.25, -0.2) is 0 Å². The molecule has 0 bridgehead atoms. The highest BCUT2D eigenvalue weighted by molar-refractivity contribution is 5.77. The molecule has 0 spiro atoms. The first-order chi connectivity index (χ1) is 7.68. The van der Waals surface area contributed by atoms with Crippen molar-refractivity contribution in [3.8, 4) is 0 Å². The predicted octanol–water partition coefficient (Wildman–Crippen LogP) is -1.04. The molecule has 0 saturated carbocycles. The van der Waals surface area contributed by atoms with Crippen LogP contribution in [0.4, 0.5) is 0 Å². The van der Waals surface area contributed by atoms with Gasteiger partial charge >= 0.3 is 0 Å². The molecule has 1 rings (SSSR count). The Morgan fingerprint density at radius 1 is 1.38 bits per heavy atom. The van der Waals surface area contributed by atoms with Crippen LogP contribution >= 0.6 is 0 Å². The van der Waals surface area contributed by atoms with Crippen LogP contribution in [0.15, 0.2) is 0 Å². The largest absolute Gasteiger partial charge is 0.355 e. The first-order valence-corrected chi connectivity index (χ1v) is 6.03. The van der Waals surface area contributed by atoms with Crippen LogP contribution in [0.2, 0.25) is 0 Å². The normalized spacial score (nSPS) is 17.7. The van der Waals surface area contributed by atoms with Crippen molar-refractivity contribution in [2.75, 3.05) is 59.9 Å². The zero-order valence-corrected chi connectivity index (χ0v) is 10.5. The topological polar surface area (TPSA) is 47.6 Å². The average Bonchev–Trinajstić information content (AvgIpc) is 2.25. The number of rotatable bonds is 6. The van der Waals surface area contributed by atoms with Crippen LogP contribution in [-0.4, -0.2) is 75.6 Å². The Bertz CT molecular complexity index is 202. The molecule has 16 heavy (non-hydrogen) atoms. The maximum absolute atomic E-state index is 11.3. The van der Waals surface area contributed by atoms with Gasteiger partial charge in [-0.1, -0.05) is 0 Å². The minimum absolute atomic E-state index is 0.116. The summed E-state index contributed by atoms with van der Waals surface area (Å²) in [6.07, 6.45) is 1.04. The van der Waals surface area contributed by atoms with E-state index in [2.05, 4.69) is 15.5 Å². The fourth-order valence-corrected chi connectivity index (χ4v) is 1.81. The molecule has 1 amide bonds. The van der Waals surface area contributed by atoms with E-state index in [0.717, 1.165) is 45.7 Å². The highest BCUT2D eigenvalue weighted by Gasteiger charge is 2.08. The second-order valence-corrected chi connectivity index (χ2v) is 4.53. The lowest BCUT2D eigenvalue weighted by molar-refractivity contribution is -0.121. The number of hydrogen-bond acceptors (Lipinski definition) is 4. The predicted molar refractivity (Wildman–Crippen MR) is 65.5 cm³/mol. The van der Waals surface area contributed by atoms with Gasteiger partial charge in [-0.3, -0.25) is 4.79 Å². The van der Waals surface area contributed by atoms with E-state index in [0.29, 0.717) is 6.54 Å². The van der Waals surface area contributed by atoms with Gasteiger partial charge in [-0.15, -0.1) is 0 Å². The molecule has 0 radical (unpaired) electrons. The molecule has 0 atom stereocenters. The molecule has 94 valence electrons. The second-order valence-electron chi connectivity index (χ2n) is 4.53. The molecule has 0 aromatic heterocycles. The molecular formula is C11H24N4O. The summed E-state index contributed by atoms with van der Waals surface area (Å²) in [5, 5.41) is 6.26. The SMILES string of the molecule is CN(C)CC(=O)NCCCN1CCNCC1. The fraction of sp³-hybridized carbons (Fsp3) is 0.909. The van der Waals surface area contributed by atoms with Crippen LogP contribution in [0.5, 0.6) is 0 Å². The van der Waals surface area contributed by atoms with E-state index in [4.69, 9.17) is 0 Å². The van der Waals surface area contributed by atoms with Gasteiger partial charge in [-0.2, -0.15) is 0 Å². The molecular weight excluding hydrogens is 204 g/mol. The summed E-state index contributed by atoms with van der Waals surface area (Å²) in [6, 6.07) is 0. The summed E-state index contributed by atoms with van der Waals surface area (Å²) in [5.41, 5.74) is 0. The van der Waals surface area contributed by atoms with E-state index in [1.54, 1.807) is 0 Å². The van der Waals surface area contributed by atoms with Crippen LogP contribution in [0.25, 0.3) is 0 Å². The Labute approximate surface area is 98.2 Å². The van der Waals surface area contributed by atoms with Gasteiger partial charge in [0.1, 0.15) is 0 Å². The van der Waals surface area contributed by atoms with E-state index in [-0.39, 0.29) is 5.91 Å². The van der Waals surface area contributed by atoms with E-state index in [9.17, 15) is 4.79 Å². The highest BCUT2D eigenvalue weighted by Crippen LogP contribution is 1.93. The standard InChI is InChI=1S/C11H24N4O/c1-14(2)10-11(16)13-4-3-7-15-8-5-12-6-9-15/h12H,3-10H2,1-2H3,(H,13,16). The van der Waals surface area contributed by atoms with Gasteiger partial charge < -0.3 is 20.4 Å². The van der Waals surface area contributed by atoms with Crippen LogP contribution in [-0.2, 0) is 4.79 Å². The monoisotopic (exact) mass is 228 g/mol. The maximum atomic E-state index is 11.3. The van der Waals surface area contributed by atoms with Crippen molar-refractivity contribution in [1.82, 2.24) is 20.4 Å². The second kappa shape index (κ2) is 7.60. The molecule has 5 heteroatoms. The minimum atomic E-state index is 0.116. The zero-order chi connectivity index (χ0) is 11.8. The Kier molecular flexibility index (Phi) is 6.37. The van der Waals surface area contributed by atoms with Crippen LogP contribution in [0, 0.1) is 0 Å². The third kappa shape index (κ3) is 6.05. The number of hydrogen-bond donors (Lipinski definition) is 2. The van der Waals surface area contributed by atoms with Gasteiger partial charge in [-0.05, 0) is 27.1 Å².